The Kier molecular flexibility index (Phi) is 6.35. The average Bonchev–Trinajstić information content (AvgIpc) is 3.04. The molecular weight excluding hydrogens is 388 g/mol. The van der Waals surface area contributed by atoms with Gasteiger partial charge < -0.3 is 19.8 Å². The topological polar surface area (TPSA) is 76.2 Å². The third-order valence-corrected chi connectivity index (χ3v) is 4.54. The molecular formula is C19H19F2N3O3S. The number of carbonyl (C=O) groups is 1. The van der Waals surface area contributed by atoms with Crippen LogP contribution in [0.15, 0.2) is 35.5 Å². The molecule has 0 saturated carbocycles. The Morgan fingerprint density at radius 1 is 1.11 bits per heavy atom. The van der Waals surface area contributed by atoms with Gasteiger partial charge in [-0.2, -0.15) is 0 Å². The Morgan fingerprint density at radius 3 is 2.57 bits per heavy atom. The SMILES string of the molecule is CCOc1ccc(NC(=O)CSc2nc3cc(F)c(F)cc3[nH]2)cc1OCC. The fourth-order valence-corrected chi connectivity index (χ4v) is 3.19. The number of halogens is 2. The number of hydrogen-bond acceptors (Lipinski definition) is 5. The van der Waals surface area contributed by atoms with Crippen LogP contribution in [0.2, 0.25) is 0 Å². The lowest BCUT2D eigenvalue weighted by Crippen LogP contribution is -2.14. The monoisotopic (exact) mass is 407 g/mol. The molecule has 0 unspecified atom stereocenters. The van der Waals surface area contributed by atoms with Crippen molar-refractivity contribution >= 4 is 34.4 Å². The molecule has 2 aromatic carbocycles. The fraction of sp³-hybridized carbons (Fsp3) is 0.263. The molecule has 0 bridgehead atoms. The molecule has 2 N–H and O–H groups in total. The lowest BCUT2D eigenvalue weighted by Gasteiger charge is -2.12. The van der Waals surface area contributed by atoms with E-state index >= 15 is 0 Å². The Bertz CT molecular complexity index is 955. The van der Waals surface area contributed by atoms with Gasteiger partial charge in [-0.05, 0) is 26.0 Å². The van der Waals surface area contributed by atoms with Gasteiger partial charge in [0, 0.05) is 23.9 Å². The van der Waals surface area contributed by atoms with Gasteiger partial charge in [0.25, 0.3) is 0 Å². The number of aromatic nitrogens is 2. The summed E-state index contributed by atoms with van der Waals surface area (Å²) >= 11 is 1.13. The van der Waals surface area contributed by atoms with Crippen molar-refractivity contribution in [3.05, 3.63) is 42.0 Å². The fourth-order valence-electron chi connectivity index (χ4n) is 2.51. The quantitative estimate of drug-likeness (QED) is 0.543. The Balaban J connectivity index is 1.63. The predicted octanol–water partition coefficient (Wildman–Crippen LogP) is 4.37. The van der Waals surface area contributed by atoms with Gasteiger partial charge in [-0.25, -0.2) is 13.8 Å². The molecule has 9 heteroatoms. The van der Waals surface area contributed by atoms with E-state index in [1.807, 2.05) is 13.8 Å². The van der Waals surface area contributed by atoms with E-state index in [2.05, 4.69) is 15.3 Å². The average molecular weight is 407 g/mol. The first kappa shape index (κ1) is 19.9. The third-order valence-electron chi connectivity index (χ3n) is 3.67. The number of carbonyl (C=O) groups excluding carboxylic acids is 1. The second kappa shape index (κ2) is 8.92. The summed E-state index contributed by atoms with van der Waals surface area (Å²) in [6.45, 7) is 4.72. The highest BCUT2D eigenvalue weighted by Crippen LogP contribution is 2.31. The van der Waals surface area contributed by atoms with Gasteiger partial charge in [0.2, 0.25) is 5.91 Å². The summed E-state index contributed by atoms with van der Waals surface area (Å²) in [5, 5.41) is 3.18. The number of H-pyrrole nitrogens is 1. The maximum Gasteiger partial charge on any atom is 0.234 e. The van der Waals surface area contributed by atoms with Crippen LogP contribution in [0.1, 0.15) is 13.8 Å². The summed E-state index contributed by atoms with van der Waals surface area (Å²) in [7, 11) is 0. The molecule has 3 rings (SSSR count). The lowest BCUT2D eigenvalue weighted by atomic mass is 10.2. The van der Waals surface area contributed by atoms with Crippen molar-refractivity contribution in [3.8, 4) is 11.5 Å². The first-order valence-electron chi connectivity index (χ1n) is 8.67. The number of imidazole rings is 1. The van der Waals surface area contributed by atoms with Gasteiger partial charge in [-0.1, -0.05) is 11.8 Å². The second-order valence-corrected chi connectivity index (χ2v) is 6.65. The molecule has 0 saturated heterocycles. The number of hydrogen-bond donors (Lipinski definition) is 2. The molecule has 0 fully saturated rings. The molecule has 0 aliphatic carbocycles. The highest BCUT2D eigenvalue weighted by Gasteiger charge is 2.12. The van der Waals surface area contributed by atoms with Crippen LogP contribution in [0.5, 0.6) is 11.5 Å². The van der Waals surface area contributed by atoms with Crippen molar-refractivity contribution in [1.82, 2.24) is 9.97 Å². The number of nitrogens with one attached hydrogen (secondary N) is 2. The number of anilines is 1. The number of ether oxygens (including phenoxy) is 2. The zero-order chi connectivity index (χ0) is 20.1. The Hall–Kier alpha value is -2.81. The standard InChI is InChI=1S/C19H19F2N3O3S/c1-3-26-16-6-5-11(7-17(16)27-4-2)22-18(25)10-28-19-23-14-8-12(20)13(21)9-15(14)24-19/h5-9H,3-4,10H2,1-2H3,(H,22,25)(H,23,24). The largest absolute Gasteiger partial charge is 0.490 e. The minimum absolute atomic E-state index is 0.0714. The minimum Gasteiger partial charge on any atom is -0.490 e. The van der Waals surface area contributed by atoms with E-state index in [-0.39, 0.29) is 11.7 Å². The van der Waals surface area contributed by atoms with Crippen molar-refractivity contribution in [2.75, 3.05) is 24.3 Å². The molecule has 0 aliphatic rings. The molecule has 0 spiro atoms. The van der Waals surface area contributed by atoms with Crippen LogP contribution in [-0.4, -0.2) is 34.8 Å². The Morgan fingerprint density at radius 2 is 1.82 bits per heavy atom. The van der Waals surface area contributed by atoms with E-state index in [0.717, 1.165) is 23.9 Å². The summed E-state index contributed by atoms with van der Waals surface area (Å²) in [6, 6.07) is 7.21. The van der Waals surface area contributed by atoms with Crippen molar-refractivity contribution < 1.29 is 23.0 Å². The van der Waals surface area contributed by atoms with Gasteiger partial charge in [0.1, 0.15) is 0 Å². The molecule has 28 heavy (non-hydrogen) atoms. The molecule has 148 valence electrons. The number of nitrogens with zero attached hydrogens (tertiary/aromatic N) is 1. The normalized spacial score (nSPS) is 10.9. The lowest BCUT2D eigenvalue weighted by molar-refractivity contribution is -0.113. The molecule has 3 aromatic rings. The molecule has 6 nitrogen and oxygen atoms in total. The van der Waals surface area contributed by atoms with Crippen molar-refractivity contribution in [1.29, 1.82) is 0 Å². The number of rotatable bonds is 8. The van der Waals surface area contributed by atoms with Crippen LogP contribution in [0, 0.1) is 11.6 Å². The summed E-state index contributed by atoms with van der Waals surface area (Å²) in [6.07, 6.45) is 0. The highest BCUT2D eigenvalue weighted by atomic mass is 32.2. The van der Waals surface area contributed by atoms with Crippen LogP contribution in [0.4, 0.5) is 14.5 Å². The van der Waals surface area contributed by atoms with Crippen LogP contribution in [0.3, 0.4) is 0 Å². The highest BCUT2D eigenvalue weighted by molar-refractivity contribution is 7.99. The molecule has 0 radical (unpaired) electrons. The van der Waals surface area contributed by atoms with Gasteiger partial charge >= 0.3 is 0 Å². The van der Waals surface area contributed by atoms with E-state index < -0.39 is 11.6 Å². The van der Waals surface area contributed by atoms with E-state index in [1.54, 1.807) is 18.2 Å². The molecule has 0 aliphatic heterocycles. The summed E-state index contributed by atoms with van der Waals surface area (Å²) < 4.78 is 37.6. The maximum atomic E-state index is 13.3. The molecule has 1 aromatic heterocycles. The third kappa shape index (κ3) is 4.72. The van der Waals surface area contributed by atoms with Gasteiger partial charge in [0.15, 0.2) is 28.3 Å². The first-order valence-corrected chi connectivity index (χ1v) is 9.65. The predicted molar refractivity (Wildman–Crippen MR) is 104 cm³/mol. The zero-order valence-electron chi connectivity index (χ0n) is 15.3. The summed E-state index contributed by atoms with van der Waals surface area (Å²) in [5.74, 6) is -0.939. The number of fused-ring (bicyclic) bond motifs is 1. The van der Waals surface area contributed by atoms with E-state index in [0.29, 0.717) is 46.6 Å². The number of thioether (sulfide) groups is 1. The maximum absolute atomic E-state index is 13.3. The van der Waals surface area contributed by atoms with Crippen molar-refractivity contribution in [2.24, 2.45) is 0 Å². The van der Waals surface area contributed by atoms with Crippen LogP contribution >= 0.6 is 11.8 Å². The van der Waals surface area contributed by atoms with Crippen LogP contribution < -0.4 is 14.8 Å². The Labute approximate surface area is 164 Å². The van der Waals surface area contributed by atoms with Crippen molar-refractivity contribution in [2.45, 2.75) is 19.0 Å². The molecule has 0 atom stereocenters. The second-order valence-electron chi connectivity index (χ2n) is 5.69. The number of aromatic amines is 1. The van der Waals surface area contributed by atoms with Gasteiger partial charge in [-0.3, -0.25) is 4.79 Å². The first-order chi connectivity index (χ1) is 13.5. The van der Waals surface area contributed by atoms with Gasteiger partial charge in [-0.15, -0.1) is 0 Å². The van der Waals surface area contributed by atoms with Crippen molar-refractivity contribution in [3.63, 3.8) is 0 Å². The van der Waals surface area contributed by atoms with Gasteiger partial charge in [0.05, 0.1) is 30.0 Å². The smallest absolute Gasteiger partial charge is 0.234 e. The van der Waals surface area contributed by atoms with E-state index in [9.17, 15) is 13.6 Å². The minimum atomic E-state index is -0.964. The zero-order valence-corrected chi connectivity index (χ0v) is 16.2. The van der Waals surface area contributed by atoms with Crippen LogP contribution in [-0.2, 0) is 4.79 Å². The summed E-state index contributed by atoms with van der Waals surface area (Å²) in [5.41, 5.74) is 1.25. The van der Waals surface area contributed by atoms with Crippen LogP contribution in [0.25, 0.3) is 11.0 Å². The molecule has 1 amide bonds. The van der Waals surface area contributed by atoms with E-state index in [4.69, 9.17) is 9.47 Å². The number of benzene rings is 2. The molecule has 1 heterocycles. The summed E-state index contributed by atoms with van der Waals surface area (Å²) in [4.78, 5) is 19.2. The van der Waals surface area contributed by atoms with E-state index in [1.165, 1.54) is 0 Å². The number of amides is 1.